The fourth-order valence-electron chi connectivity index (χ4n) is 2.50. The Hall–Kier alpha value is -1.28. The van der Waals surface area contributed by atoms with Crippen molar-refractivity contribution in [3.05, 3.63) is 35.9 Å². The van der Waals surface area contributed by atoms with Crippen LogP contribution in [0, 0.1) is 0 Å². The number of piperidine rings is 1. The van der Waals surface area contributed by atoms with Crippen molar-refractivity contribution in [2.24, 2.45) is 0 Å². The molecular formula is C16H23NO. The number of hydrogen-bond donors (Lipinski definition) is 0. The molecule has 18 heavy (non-hydrogen) atoms. The molecule has 0 aliphatic carbocycles. The van der Waals surface area contributed by atoms with Gasteiger partial charge in [-0.1, -0.05) is 30.7 Å². The Labute approximate surface area is 110 Å². The van der Waals surface area contributed by atoms with Gasteiger partial charge >= 0.3 is 0 Å². The minimum atomic E-state index is 0.730. The number of nitrogens with zero attached hydrogens (tertiary/aromatic N) is 1. The second-order valence-electron chi connectivity index (χ2n) is 5.02. The van der Waals surface area contributed by atoms with Crippen LogP contribution in [0.2, 0.25) is 0 Å². The minimum Gasteiger partial charge on any atom is -0.497 e. The zero-order valence-electron chi connectivity index (χ0n) is 11.4. The molecule has 1 fully saturated rings. The van der Waals surface area contributed by atoms with E-state index in [1.54, 1.807) is 7.11 Å². The van der Waals surface area contributed by atoms with Gasteiger partial charge in [-0.15, -0.1) is 0 Å². The summed E-state index contributed by atoms with van der Waals surface area (Å²) in [6.45, 7) is 4.63. The average Bonchev–Trinajstić information content (AvgIpc) is 2.41. The highest BCUT2D eigenvalue weighted by molar-refractivity contribution is 5.51. The van der Waals surface area contributed by atoms with Crippen molar-refractivity contribution in [2.75, 3.05) is 20.2 Å². The molecule has 0 aromatic heterocycles. The third kappa shape index (κ3) is 3.61. The Bertz CT molecular complexity index is 400. The van der Waals surface area contributed by atoms with Gasteiger partial charge in [0, 0.05) is 12.6 Å². The van der Waals surface area contributed by atoms with E-state index in [1.807, 2.05) is 12.1 Å². The molecule has 0 saturated carbocycles. The predicted octanol–water partition coefficient (Wildman–Crippen LogP) is 3.58. The first-order valence-electron chi connectivity index (χ1n) is 6.84. The molecule has 2 nitrogen and oxygen atoms in total. The van der Waals surface area contributed by atoms with E-state index in [2.05, 4.69) is 36.1 Å². The second kappa shape index (κ2) is 6.60. The molecule has 1 saturated heterocycles. The molecule has 2 heteroatoms. The van der Waals surface area contributed by atoms with Gasteiger partial charge in [0.05, 0.1) is 7.11 Å². The number of hydrogen-bond acceptors (Lipinski definition) is 2. The van der Waals surface area contributed by atoms with Crippen LogP contribution in [0.1, 0.15) is 31.7 Å². The lowest BCUT2D eigenvalue weighted by Gasteiger charge is -2.32. The fraction of sp³-hybridized carbons (Fsp3) is 0.500. The highest BCUT2D eigenvalue weighted by atomic mass is 16.5. The molecule has 1 atom stereocenters. The number of benzene rings is 1. The van der Waals surface area contributed by atoms with E-state index in [0.29, 0.717) is 0 Å². The summed E-state index contributed by atoms with van der Waals surface area (Å²) in [5, 5.41) is 0. The molecule has 0 amide bonds. The first kappa shape index (κ1) is 13.2. The van der Waals surface area contributed by atoms with Gasteiger partial charge in [0.15, 0.2) is 0 Å². The highest BCUT2D eigenvalue weighted by Gasteiger charge is 2.16. The second-order valence-corrected chi connectivity index (χ2v) is 5.02. The van der Waals surface area contributed by atoms with Crippen molar-refractivity contribution in [3.8, 4) is 5.75 Å². The first-order valence-corrected chi connectivity index (χ1v) is 6.84. The first-order chi connectivity index (χ1) is 8.79. The molecule has 0 radical (unpaired) electrons. The summed E-state index contributed by atoms with van der Waals surface area (Å²) in [4.78, 5) is 2.56. The third-order valence-electron chi connectivity index (χ3n) is 3.68. The zero-order chi connectivity index (χ0) is 12.8. The van der Waals surface area contributed by atoms with Gasteiger partial charge in [0.1, 0.15) is 5.75 Å². The van der Waals surface area contributed by atoms with Gasteiger partial charge < -0.3 is 4.74 Å². The summed E-state index contributed by atoms with van der Waals surface area (Å²) < 4.78 is 5.22. The SMILES string of the molecule is COc1cccc(/C=C/CN2CCCCC2C)c1. The van der Waals surface area contributed by atoms with Crippen molar-refractivity contribution in [2.45, 2.75) is 32.2 Å². The molecular weight excluding hydrogens is 222 g/mol. The summed E-state index contributed by atoms with van der Waals surface area (Å²) in [7, 11) is 1.71. The van der Waals surface area contributed by atoms with Crippen LogP contribution in [0.3, 0.4) is 0 Å². The molecule has 1 aromatic carbocycles. The molecule has 2 rings (SSSR count). The number of rotatable bonds is 4. The number of methoxy groups -OCH3 is 1. The van der Waals surface area contributed by atoms with Gasteiger partial charge in [-0.2, -0.15) is 0 Å². The van der Waals surface area contributed by atoms with Crippen LogP contribution < -0.4 is 4.74 Å². The van der Waals surface area contributed by atoms with E-state index in [4.69, 9.17) is 4.74 Å². The van der Waals surface area contributed by atoms with Gasteiger partial charge in [-0.25, -0.2) is 0 Å². The molecule has 98 valence electrons. The summed E-state index contributed by atoms with van der Waals surface area (Å²) >= 11 is 0. The Morgan fingerprint density at radius 1 is 1.39 bits per heavy atom. The lowest BCUT2D eigenvalue weighted by Crippen LogP contribution is -2.37. The van der Waals surface area contributed by atoms with E-state index in [1.165, 1.54) is 31.4 Å². The zero-order valence-corrected chi connectivity index (χ0v) is 11.4. The summed E-state index contributed by atoms with van der Waals surface area (Å²) in [5.41, 5.74) is 1.21. The smallest absolute Gasteiger partial charge is 0.119 e. The maximum Gasteiger partial charge on any atom is 0.119 e. The average molecular weight is 245 g/mol. The predicted molar refractivity (Wildman–Crippen MR) is 76.9 cm³/mol. The summed E-state index contributed by atoms with van der Waals surface area (Å²) in [6.07, 6.45) is 8.52. The van der Waals surface area contributed by atoms with Gasteiger partial charge in [0.2, 0.25) is 0 Å². The quantitative estimate of drug-likeness (QED) is 0.804. The monoisotopic (exact) mass is 245 g/mol. The molecule has 1 aromatic rings. The van der Waals surface area contributed by atoms with Crippen LogP contribution >= 0.6 is 0 Å². The number of likely N-dealkylation sites (tertiary alicyclic amines) is 1. The van der Waals surface area contributed by atoms with Crippen LogP contribution in [0.5, 0.6) is 5.75 Å². The summed E-state index contributed by atoms with van der Waals surface area (Å²) in [6, 6.07) is 8.91. The molecule has 1 aliphatic rings. The maximum atomic E-state index is 5.22. The van der Waals surface area contributed by atoms with Crippen molar-refractivity contribution in [1.82, 2.24) is 4.90 Å². The molecule has 0 N–H and O–H groups in total. The van der Waals surface area contributed by atoms with Crippen LogP contribution in [0.15, 0.2) is 30.3 Å². The van der Waals surface area contributed by atoms with Crippen molar-refractivity contribution in [1.29, 1.82) is 0 Å². The normalized spacial score (nSPS) is 21.3. The lowest BCUT2D eigenvalue weighted by atomic mass is 10.0. The topological polar surface area (TPSA) is 12.5 Å². The van der Waals surface area contributed by atoms with Crippen molar-refractivity contribution in [3.63, 3.8) is 0 Å². The molecule has 1 unspecified atom stereocenters. The third-order valence-corrected chi connectivity index (χ3v) is 3.68. The Morgan fingerprint density at radius 2 is 2.28 bits per heavy atom. The largest absolute Gasteiger partial charge is 0.497 e. The standard InChI is InChI=1S/C16H23NO/c1-14-7-3-4-11-17(14)12-6-9-15-8-5-10-16(13-15)18-2/h5-6,8-10,13-14H,3-4,7,11-12H2,1-2H3/b9-6+. The summed E-state index contributed by atoms with van der Waals surface area (Å²) in [5.74, 6) is 0.920. The molecule has 1 heterocycles. The Morgan fingerprint density at radius 3 is 3.06 bits per heavy atom. The van der Waals surface area contributed by atoms with Crippen LogP contribution in [-0.2, 0) is 0 Å². The molecule has 0 spiro atoms. The van der Waals surface area contributed by atoms with E-state index in [-0.39, 0.29) is 0 Å². The van der Waals surface area contributed by atoms with E-state index < -0.39 is 0 Å². The minimum absolute atomic E-state index is 0.730. The van der Waals surface area contributed by atoms with Crippen molar-refractivity contribution < 1.29 is 4.74 Å². The Balaban J connectivity index is 1.90. The van der Waals surface area contributed by atoms with E-state index in [0.717, 1.165) is 18.3 Å². The van der Waals surface area contributed by atoms with Gasteiger partial charge in [-0.05, 0) is 44.0 Å². The van der Waals surface area contributed by atoms with E-state index in [9.17, 15) is 0 Å². The molecule has 0 bridgehead atoms. The van der Waals surface area contributed by atoms with Crippen LogP contribution in [0.4, 0.5) is 0 Å². The number of ether oxygens (including phenoxy) is 1. The van der Waals surface area contributed by atoms with Crippen LogP contribution in [-0.4, -0.2) is 31.1 Å². The molecule has 1 aliphatic heterocycles. The fourth-order valence-corrected chi connectivity index (χ4v) is 2.50. The van der Waals surface area contributed by atoms with E-state index >= 15 is 0 Å². The lowest BCUT2D eigenvalue weighted by molar-refractivity contribution is 0.179. The van der Waals surface area contributed by atoms with Gasteiger partial charge in [0.25, 0.3) is 0 Å². The maximum absolute atomic E-state index is 5.22. The Kier molecular flexibility index (Phi) is 4.82. The van der Waals surface area contributed by atoms with Crippen molar-refractivity contribution >= 4 is 6.08 Å². The van der Waals surface area contributed by atoms with Gasteiger partial charge in [-0.3, -0.25) is 4.90 Å². The van der Waals surface area contributed by atoms with Crippen LogP contribution in [0.25, 0.3) is 6.08 Å². The highest BCUT2D eigenvalue weighted by Crippen LogP contribution is 2.17.